The minimum absolute atomic E-state index is 0.0379. The molecule has 0 aromatic carbocycles. The van der Waals surface area contributed by atoms with Gasteiger partial charge < -0.3 is 64.9 Å². The molecule has 312 valence electrons. The zero-order valence-corrected chi connectivity index (χ0v) is 32.6. The van der Waals surface area contributed by atoms with E-state index in [0.29, 0.717) is 32.1 Å². The van der Waals surface area contributed by atoms with Gasteiger partial charge >= 0.3 is 5.97 Å². The molecule has 0 spiro atoms. The molecular formula is C41H64O14. The van der Waals surface area contributed by atoms with Gasteiger partial charge in [-0.05, 0) is 92.3 Å². The Morgan fingerprint density at radius 2 is 1.40 bits per heavy atom. The molecule has 19 unspecified atom stereocenters. The van der Waals surface area contributed by atoms with E-state index >= 15 is 0 Å². The summed E-state index contributed by atoms with van der Waals surface area (Å²) in [6.07, 6.45) is -5.95. The average molecular weight is 781 g/mol. The fourth-order valence-corrected chi connectivity index (χ4v) is 13.1. The third kappa shape index (κ3) is 6.06. The number of rotatable bonds is 7. The molecule has 19 atom stereocenters. The number of hydrogen-bond acceptors (Lipinski definition) is 14. The van der Waals surface area contributed by atoms with E-state index < -0.39 is 97.5 Å². The van der Waals surface area contributed by atoms with Crippen molar-refractivity contribution in [3.05, 3.63) is 23.8 Å². The highest BCUT2D eigenvalue weighted by atomic mass is 16.7. The third-order valence-corrected chi connectivity index (χ3v) is 16.8. The standard InChI is InChI=1S/C41H64O14/c1-20-8-13-41(36(51)55-35-33(50)31(48)29(46)24(18-43)53-35)15-14-39(4)21(22(41)16-20)6-7-26-37(2)11-10-27(38(3,19-44)25(37)9-12-40(26,39)5)54-34-32(49)30(47)28(45)23(17-42)52-34/h6,22-35,42-50H,1,7-19H2,2-5H3. The number of aliphatic hydroxyl groups is 9. The summed E-state index contributed by atoms with van der Waals surface area (Å²) in [4.78, 5) is 14.4. The first-order chi connectivity index (χ1) is 25.9. The van der Waals surface area contributed by atoms with Crippen LogP contribution >= 0.6 is 0 Å². The number of aliphatic hydroxyl groups excluding tert-OH is 9. The molecule has 9 N–H and O–H groups in total. The molecule has 14 heteroatoms. The quantitative estimate of drug-likeness (QED) is 0.0989. The highest BCUT2D eigenvalue weighted by Crippen LogP contribution is 2.75. The summed E-state index contributed by atoms with van der Waals surface area (Å²) in [6.45, 7) is 12.1. The van der Waals surface area contributed by atoms with Crippen LogP contribution < -0.4 is 0 Å². The van der Waals surface area contributed by atoms with Gasteiger partial charge in [0.2, 0.25) is 6.29 Å². The van der Waals surface area contributed by atoms with Gasteiger partial charge in [0, 0.05) is 11.3 Å². The second kappa shape index (κ2) is 14.6. The van der Waals surface area contributed by atoms with Crippen LogP contribution in [0.3, 0.4) is 0 Å². The van der Waals surface area contributed by atoms with Crippen molar-refractivity contribution in [1.82, 2.24) is 0 Å². The van der Waals surface area contributed by atoms with E-state index in [0.717, 1.165) is 37.7 Å². The summed E-state index contributed by atoms with van der Waals surface area (Å²) < 4.78 is 23.6. The van der Waals surface area contributed by atoms with Gasteiger partial charge in [0.25, 0.3) is 0 Å². The first-order valence-corrected chi connectivity index (χ1v) is 20.3. The van der Waals surface area contributed by atoms with Crippen molar-refractivity contribution < 1.29 is 69.7 Å². The number of allylic oxidation sites excluding steroid dienone is 3. The summed E-state index contributed by atoms with van der Waals surface area (Å²) in [5.74, 6) is -0.446. The molecule has 7 aliphatic rings. The lowest BCUT2D eigenvalue weighted by atomic mass is 9.34. The minimum Gasteiger partial charge on any atom is -0.432 e. The molecule has 14 nitrogen and oxygen atoms in total. The van der Waals surface area contributed by atoms with Gasteiger partial charge in [-0.25, -0.2) is 0 Å². The van der Waals surface area contributed by atoms with Crippen molar-refractivity contribution >= 4 is 5.97 Å². The summed E-state index contributed by atoms with van der Waals surface area (Å²) >= 11 is 0. The highest BCUT2D eigenvalue weighted by Gasteiger charge is 2.70. The van der Waals surface area contributed by atoms with Gasteiger partial charge in [0.05, 0.1) is 31.3 Å². The fourth-order valence-electron chi connectivity index (χ4n) is 13.1. The Hall–Kier alpha value is -1.53. The summed E-state index contributed by atoms with van der Waals surface area (Å²) in [5, 5.41) is 93.6. The van der Waals surface area contributed by atoms with Gasteiger partial charge in [-0.1, -0.05) is 51.5 Å². The third-order valence-electron chi connectivity index (χ3n) is 16.8. The average Bonchev–Trinajstić information content (AvgIpc) is 3.16. The molecule has 55 heavy (non-hydrogen) atoms. The number of esters is 1. The predicted octanol–water partition coefficient (Wildman–Crippen LogP) is 0.819. The molecule has 2 aliphatic heterocycles. The van der Waals surface area contributed by atoms with E-state index in [1.807, 2.05) is 6.92 Å². The number of carbonyl (C=O) groups excluding carboxylic acids is 1. The SMILES string of the molecule is C=C1CCC2(C(=O)OC3OC(CO)C(O)C(O)C3O)CCC3(C)C(=CCC4C5(C)CCC(OC6OC(CO)C(O)C(O)C6O)C(C)(CO)C5CCC43C)C2C1. The van der Waals surface area contributed by atoms with Gasteiger partial charge in [-0.3, -0.25) is 4.79 Å². The van der Waals surface area contributed by atoms with Crippen LogP contribution in [0.4, 0.5) is 0 Å². The lowest BCUT2D eigenvalue weighted by Gasteiger charge is -2.71. The molecule has 5 aliphatic carbocycles. The Morgan fingerprint density at radius 1 is 0.782 bits per heavy atom. The van der Waals surface area contributed by atoms with Crippen LogP contribution in [0.5, 0.6) is 0 Å². The Labute approximate surface area is 323 Å². The number of hydrogen-bond donors (Lipinski definition) is 9. The number of ether oxygens (including phenoxy) is 4. The molecule has 2 heterocycles. The van der Waals surface area contributed by atoms with Crippen LogP contribution in [0, 0.1) is 44.8 Å². The van der Waals surface area contributed by atoms with E-state index in [4.69, 9.17) is 18.9 Å². The minimum atomic E-state index is -1.68. The number of carbonyl (C=O) groups is 1. The zero-order valence-electron chi connectivity index (χ0n) is 32.6. The highest BCUT2D eigenvalue weighted by molar-refractivity contribution is 5.79. The predicted molar refractivity (Wildman–Crippen MR) is 194 cm³/mol. The molecule has 0 amide bonds. The molecule has 4 saturated carbocycles. The van der Waals surface area contributed by atoms with Crippen LogP contribution in [0.1, 0.15) is 91.9 Å². The first-order valence-electron chi connectivity index (χ1n) is 20.3. The summed E-state index contributed by atoms with van der Waals surface area (Å²) in [6, 6.07) is 0. The van der Waals surface area contributed by atoms with Crippen LogP contribution in [-0.2, 0) is 23.7 Å². The summed E-state index contributed by atoms with van der Waals surface area (Å²) in [7, 11) is 0. The fraction of sp³-hybridized carbons (Fsp3) is 0.878. The van der Waals surface area contributed by atoms with E-state index in [-0.39, 0.29) is 40.6 Å². The van der Waals surface area contributed by atoms with Crippen LogP contribution in [-0.4, -0.2) is 139 Å². The molecule has 7 rings (SSSR count). The van der Waals surface area contributed by atoms with Crippen LogP contribution in [0.2, 0.25) is 0 Å². The normalized spacial score (nSPS) is 53.9. The monoisotopic (exact) mass is 780 g/mol. The van der Waals surface area contributed by atoms with E-state index in [9.17, 15) is 50.8 Å². The van der Waals surface area contributed by atoms with E-state index in [1.54, 1.807) is 0 Å². The Morgan fingerprint density at radius 3 is 2.02 bits per heavy atom. The van der Waals surface area contributed by atoms with Crippen LogP contribution in [0.15, 0.2) is 23.8 Å². The van der Waals surface area contributed by atoms with Crippen molar-refractivity contribution in [2.24, 2.45) is 44.8 Å². The molecule has 0 aromatic heterocycles. The lowest BCUT2D eigenvalue weighted by Crippen LogP contribution is -2.67. The Bertz CT molecular complexity index is 1500. The molecule has 0 aromatic rings. The zero-order chi connectivity index (χ0) is 40.0. The molecule has 2 saturated heterocycles. The maximum atomic E-state index is 14.4. The van der Waals surface area contributed by atoms with Crippen molar-refractivity contribution in [3.8, 4) is 0 Å². The smallest absolute Gasteiger partial charge is 0.315 e. The molecular weight excluding hydrogens is 716 g/mol. The first kappa shape index (κ1) is 41.6. The molecule has 6 fully saturated rings. The number of fused-ring (bicyclic) bond motifs is 7. The van der Waals surface area contributed by atoms with Gasteiger partial charge in [0.15, 0.2) is 6.29 Å². The van der Waals surface area contributed by atoms with Gasteiger partial charge in [-0.15, -0.1) is 0 Å². The largest absolute Gasteiger partial charge is 0.432 e. The van der Waals surface area contributed by atoms with Crippen molar-refractivity contribution in [1.29, 1.82) is 0 Å². The second-order valence-electron chi connectivity index (χ2n) is 19.1. The van der Waals surface area contributed by atoms with Crippen LogP contribution in [0.25, 0.3) is 0 Å². The second-order valence-corrected chi connectivity index (χ2v) is 19.1. The van der Waals surface area contributed by atoms with Crippen molar-refractivity contribution in [3.63, 3.8) is 0 Å². The Balaban J connectivity index is 1.16. The van der Waals surface area contributed by atoms with Gasteiger partial charge in [-0.2, -0.15) is 0 Å². The van der Waals surface area contributed by atoms with E-state index in [1.165, 1.54) is 5.57 Å². The van der Waals surface area contributed by atoms with E-state index in [2.05, 4.69) is 33.4 Å². The summed E-state index contributed by atoms with van der Waals surface area (Å²) in [5.41, 5.74) is -0.00693. The van der Waals surface area contributed by atoms with Gasteiger partial charge in [0.1, 0.15) is 48.8 Å². The maximum absolute atomic E-state index is 14.4. The molecule has 0 radical (unpaired) electrons. The molecule has 0 bridgehead atoms. The maximum Gasteiger partial charge on any atom is 0.315 e. The van der Waals surface area contributed by atoms with Crippen molar-refractivity contribution in [2.75, 3.05) is 19.8 Å². The topological polar surface area (TPSA) is 236 Å². The lowest BCUT2D eigenvalue weighted by molar-refractivity contribution is -0.333. The Kier molecular flexibility index (Phi) is 11.1. The van der Waals surface area contributed by atoms with Crippen molar-refractivity contribution in [2.45, 2.75) is 159 Å².